The molecular weight excluding hydrogens is 320 g/mol. The first-order valence-electron chi connectivity index (χ1n) is 9.04. The standard InChI is InChI=1S/C18H28N4O3/c1-19-7-3-5-15(19)17(23)21-9-4-8-20(11-12-21)16-6-10-22(18(16)24)13-14-25-2/h3,5,7,16H,4,6,8-14H2,1-2H3/t16-/m0/s1. The van der Waals surface area contributed by atoms with E-state index >= 15 is 0 Å². The number of ether oxygens (including phenoxy) is 1. The van der Waals surface area contributed by atoms with Crippen LogP contribution in [0.25, 0.3) is 0 Å². The highest BCUT2D eigenvalue weighted by Crippen LogP contribution is 2.19. The van der Waals surface area contributed by atoms with Crippen LogP contribution in [0, 0.1) is 0 Å². The van der Waals surface area contributed by atoms with Crippen molar-refractivity contribution in [3.63, 3.8) is 0 Å². The van der Waals surface area contributed by atoms with Gasteiger partial charge in [0.1, 0.15) is 5.69 Å². The summed E-state index contributed by atoms with van der Waals surface area (Å²) in [4.78, 5) is 31.4. The zero-order chi connectivity index (χ0) is 17.8. The molecule has 2 fully saturated rings. The van der Waals surface area contributed by atoms with Crippen molar-refractivity contribution in [2.75, 3.05) is 53.0 Å². The maximum atomic E-state index is 12.7. The summed E-state index contributed by atoms with van der Waals surface area (Å²) in [5, 5.41) is 0. The molecule has 3 heterocycles. The molecule has 0 N–H and O–H groups in total. The Hall–Kier alpha value is -1.86. The molecule has 1 aromatic rings. The first-order chi connectivity index (χ1) is 12.1. The highest BCUT2D eigenvalue weighted by molar-refractivity contribution is 5.92. The second-order valence-electron chi connectivity index (χ2n) is 6.81. The van der Waals surface area contributed by atoms with Gasteiger partial charge in [0, 0.05) is 59.6 Å². The maximum absolute atomic E-state index is 12.7. The van der Waals surface area contributed by atoms with E-state index in [9.17, 15) is 9.59 Å². The van der Waals surface area contributed by atoms with Crippen LogP contribution in [0.5, 0.6) is 0 Å². The lowest BCUT2D eigenvalue weighted by molar-refractivity contribution is -0.132. The summed E-state index contributed by atoms with van der Waals surface area (Å²) >= 11 is 0. The van der Waals surface area contributed by atoms with Gasteiger partial charge in [-0.05, 0) is 25.0 Å². The number of aryl methyl sites for hydroxylation is 1. The molecule has 0 spiro atoms. The lowest BCUT2D eigenvalue weighted by Gasteiger charge is -2.26. The minimum Gasteiger partial charge on any atom is -0.383 e. The topological polar surface area (TPSA) is 58.0 Å². The fraction of sp³-hybridized carbons (Fsp3) is 0.667. The van der Waals surface area contributed by atoms with Crippen molar-refractivity contribution < 1.29 is 14.3 Å². The largest absolute Gasteiger partial charge is 0.383 e. The molecule has 1 aromatic heterocycles. The molecule has 2 saturated heterocycles. The molecule has 7 heteroatoms. The summed E-state index contributed by atoms with van der Waals surface area (Å²) in [5.41, 5.74) is 0.719. The summed E-state index contributed by atoms with van der Waals surface area (Å²) in [6.07, 6.45) is 3.66. The van der Waals surface area contributed by atoms with Gasteiger partial charge in [-0.25, -0.2) is 0 Å². The minimum absolute atomic E-state index is 0.0399. The molecule has 2 aliphatic rings. The van der Waals surface area contributed by atoms with Gasteiger partial charge in [0.25, 0.3) is 5.91 Å². The molecular formula is C18H28N4O3. The number of nitrogens with zero attached hydrogens (tertiary/aromatic N) is 4. The Balaban J connectivity index is 1.58. The van der Waals surface area contributed by atoms with Crippen molar-refractivity contribution in [1.82, 2.24) is 19.3 Å². The molecule has 0 aromatic carbocycles. The molecule has 2 amide bonds. The molecule has 7 nitrogen and oxygen atoms in total. The highest BCUT2D eigenvalue weighted by Gasteiger charge is 2.36. The monoisotopic (exact) mass is 348 g/mol. The summed E-state index contributed by atoms with van der Waals surface area (Å²) in [7, 11) is 3.55. The van der Waals surface area contributed by atoms with E-state index in [1.54, 1.807) is 7.11 Å². The second kappa shape index (κ2) is 8.01. The number of hydrogen-bond acceptors (Lipinski definition) is 4. The van der Waals surface area contributed by atoms with Gasteiger partial charge >= 0.3 is 0 Å². The van der Waals surface area contributed by atoms with Crippen molar-refractivity contribution in [3.8, 4) is 0 Å². The lowest BCUT2D eigenvalue weighted by Crippen LogP contribution is -2.44. The third-order valence-electron chi connectivity index (χ3n) is 5.26. The van der Waals surface area contributed by atoms with Crippen LogP contribution in [0.3, 0.4) is 0 Å². The number of rotatable bonds is 5. The first kappa shape index (κ1) is 17.9. The van der Waals surface area contributed by atoms with Crippen molar-refractivity contribution >= 4 is 11.8 Å². The maximum Gasteiger partial charge on any atom is 0.270 e. The van der Waals surface area contributed by atoms with Crippen LogP contribution >= 0.6 is 0 Å². The predicted octanol–water partition coefficient (Wildman–Crippen LogP) is 0.420. The quantitative estimate of drug-likeness (QED) is 0.774. The van der Waals surface area contributed by atoms with Crippen LogP contribution in [0.15, 0.2) is 18.3 Å². The van der Waals surface area contributed by atoms with Crippen molar-refractivity contribution in [2.45, 2.75) is 18.9 Å². The van der Waals surface area contributed by atoms with Crippen LogP contribution < -0.4 is 0 Å². The number of methoxy groups -OCH3 is 1. The van der Waals surface area contributed by atoms with E-state index in [1.165, 1.54) is 0 Å². The average molecular weight is 348 g/mol. The van der Waals surface area contributed by atoms with Gasteiger partial charge in [-0.2, -0.15) is 0 Å². The Morgan fingerprint density at radius 1 is 1.24 bits per heavy atom. The molecule has 0 aliphatic carbocycles. The molecule has 3 rings (SSSR count). The molecule has 25 heavy (non-hydrogen) atoms. The fourth-order valence-electron chi connectivity index (χ4n) is 3.78. The predicted molar refractivity (Wildman–Crippen MR) is 94.4 cm³/mol. The second-order valence-corrected chi connectivity index (χ2v) is 6.81. The zero-order valence-corrected chi connectivity index (χ0v) is 15.2. The molecule has 0 saturated carbocycles. The lowest BCUT2D eigenvalue weighted by atomic mass is 10.2. The van der Waals surface area contributed by atoms with Crippen molar-refractivity contribution in [2.24, 2.45) is 7.05 Å². The van der Waals surface area contributed by atoms with Crippen molar-refractivity contribution in [1.29, 1.82) is 0 Å². The van der Waals surface area contributed by atoms with E-state index < -0.39 is 0 Å². The summed E-state index contributed by atoms with van der Waals surface area (Å²) in [6.45, 7) is 5.08. The first-order valence-corrected chi connectivity index (χ1v) is 9.04. The van der Waals surface area contributed by atoms with Crippen LogP contribution in [0.4, 0.5) is 0 Å². The van der Waals surface area contributed by atoms with Gasteiger partial charge in [-0.15, -0.1) is 0 Å². The Bertz CT molecular complexity index is 615. The minimum atomic E-state index is -0.0399. The van der Waals surface area contributed by atoms with E-state index in [0.717, 1.165) is 44.7 Å². The third-order valence-corrected chi connectivity index (χ3v) is 5.26. The van der Waals surface area contributed by atoms with Gasteiger partial charge < -0.3 is 19.1 Å². The van der Waals surface area contributed by atoms with Gasteiger partial charge in [0.05, 0.1) is 12.6 Å². The van der Waals surface area contributed by atoms with E-state index in [0.29, 0.717) is 19.7 Å². The fourth-order valence-corrected chi connectivity index (χ4v) is 3.78. The van der Waals surface area contributed by atoms with E-state index in [1.807, 2.05) is 39.7 Å². The Kier molecular flexibility index (Phi) is 5.75. The smallest absolute Gasteiger partial charge is 0.270 e. The Morgan fingerprint density at radius 3 is 2.80 bits per heavy atom. The average Bonchev–Trinajstić information content (AvgIpc) is 3.10. The third kappa shape index (κ3) is 3.88. The van der Waals surface area contributed by atoms with Crippen LogP contribution in [0.2, 0.25) is 0 Å². The van der Waals surface area contributed by atoms with E-state index in [2.05, 4.69) is 4.90 Å². The SMILES string of the molecule is COCCN1CC[C@H](N2CCCN(C(=O)c3cccn3C)CC2)C1=O. The number of amides is 2. The molecule has 0 unspecified atom stereocenters. The number of aromatic nitrogens is 1. The van der Waals surface area contributed by atoms with Gasteiger partial charge in [0.15, 0.2) is 0 Å². The normalized spacial score (nSPS) is 22.5. The van der Waals surface area contributed by atoms with Crippen LogP contribution in [0.1, 0.15) is 23.3 Å². The highest BCUT2D eigenvalue weighted by atomic mass is 16.5. The van der Waals surface area contributed by atoms with Crippen molar-refractivity contribution in [3.05, 3.63) is 24.0 Å². The van der Waals surface area contributed by atoms with E-state index in [4.69, 9.17) is 4.74 Å². The zero-order valence-electron chi connectivity index (χ0n) is 15.2. The van der Waals surface area contributed by atoms with Gasteiger partial charge in [-0.3, -0.25) is 14.5 Å². The van der Waals surface area contributed by atoms with Gasteiger partial charge in [0.2, 0.25) is 5.91 Å². The number of carbonyl (C=O) groups is 2. The summed E-state index contributed by atoms with van der Waals surface area (Å²) in [5.74, 6) is 0.285. The molecule has 138 valence electrons. The molecule has 2 aliphatic heterocycles. The summed E-state index contributed by atoms with van der Waals surface area (Å²) in [6, 6.07) is 3.71. The van der Waals surface area contributed by atoms with E-state index in [-0.39, 0.29) is 17.9 Å². The number of carbonyl (C=O) groups excluding carboxylic acids is 2. The summed E-state index contributed by atoms with van der Waals surface area (Å²) < 4.78 is 6.94. The molecule has 0 bridgehead atoms. The number of hydrogen-bond donors (Lipinski definition) is 0. The molecule has 0 radical (unpaired) electrons. The van der Waals surface area contributed by atoms with Gasteiger partial charge in [-0.1, -0.05) is 0 Å². The Morgan fingerprint density at radius 2 is 2.08 bits per heavy atom. The number of likely N-dealkylation sites (tertiary alicyclic amines) is 1. The molecule has 1 atom stereocenters. The van der Waals surface area contributed by atoms with Crippen LogP contribution in [-0.2, 0) is 16.6 Å². The Labute approximate surface area is 149 Å². The van der Waals surface area contributed by atoms with Crippen LogP contribution in [-0.4, -0.2) is 90.1 Å².